The lowest BCUT2D eigenvalue weighted by Crippen LogP contribution is -2.32. The second-order valence-electron chi connectivity index (χ2n) is 5.85. The number of nitrogens with one attached hydrogen (secondary N) is 1. The molecule has 1 aliphatic rings. The number of hydrogen-bond acceptors (Lipinski definition) is 3. The van der Waals surface area contributed by atoms with Gasteiger partial charge in [0.15, 0.2) is 0 Å². The van der Waals surface area contributed by atoms with E-state index in [2.05, 4.69) is 19.2 Å². The van der Waals surface area contributed by atoms with Crippen LogP contribution in [0.5, 0.6) is 0 Å². The highest BCUT2D eigenvalue weighted by Gasteiger charge is 2.23. The summed E-state index contributed by atoms with van der Waals surface area (Å²) in [5.41, 5.74) is 0.547. The van der Waals surface area contributed by atoms with Crippen LogP contribution in [-0.2, 0) is 9.47 Å². The highest BCUT2D eigenvalue weighted by atomic mass is 16.5. The first kappa shape index (κ1) is 14.9. The van der Waals surface area contributed by atoms with Gasteiger partial charge in [0.1, 0.15) is 0 Å². The van der Waals surface area contributed by atoms with Crippen LogP contribution in [0.3, 0.4) is 0 Å². The highest BCUT2D eigenvalue weighted by molar-refractivity contribution is 4.79. The SMILES string of the molecule is COCCOCCNC1CCCC(C)(C)CC1. The zero-order valence-corrected chi connectivity index (χ0v) is 11.8. The number of hydrogen-bond donors (Lipinski definition) is 1. The molecule has 0 aromatic carbocycles. The molecule has 0 spiro atoms. The van der Waals surface area contributed by atoms with Gasteiger partial charge in [-0.2, -0.15) is 0 Å². The van der Waals surface area contributed by atoms with E-state index in [1.54, 1.807) is 7.11 Å². The maximum atomic E-state index is 5.45. The van der Waals surface area contributed by atoms with Crippen LogP contribution in [-0.4, -0.2) is 39.5 Å². The third-order valence-electron chi connectivity index (χ3n) is 3.69. The Bertz CT molecular complexity index is 195. The van der Waals surface area contributed by atoms with Crippen LogP contribution in [0.4, 0.5) is 0 Å². The van der Waals surface area contributed by atoms with Gasteiger partial charge in [0.2, 0.25) is 0 Å². The number of ether oxygens (including phenoxy) is 2. The lowest BCUT2D eigenvalue weighted by Gasteiger charge is -2.22. The van der Waals surface area contributed by atoms with Gasteiger partial charge in [-0.25, -0.2) is 0 Å². The van der Waals surface area contributed by atoms with E-state index in [0.29, 0.717) is 24.7 Å². The van der Waals surface area contributed by atoms with Crippen LogP contribution in [0.25, 0.3) is 0 Å². The number of rotatable bonds is 7. The molecule has 0 amide bonds. The van der Waals surface area contributed by atoms with E-state index >= 15 is 0 Å². The maximum absolute atomic E-state index is 5.45. The van der Waals surface area contributed by atoms with Crippen molar-refractivity contribution < 1.29 is 9.47 Å². The van der Waals surface area contributed by atoms with Crippen LogP contribution in [0, 0.1) is 5.41 Å². The smallest absolute Gasteiger partial charge is 0.0700 e. The Morgan fingerprint density at radius 3 is 2.71 bits per heavy atom. The lowest BCUT2D eigenvalue weighted by atomic mass is 9.85. The molecule has 3 nitrogen and oxygen atoms in total. The molecular formula is C14H29NO2. The Balaban J connectivity index is 2.03. The molecule has 1 atom stereocenters. The highest BCUT2D eigenvalue weighted by Crippen LogP contribution is 2.33. The fourth-order valence-electron chi connectivity index (χ4n) is 2.44. The Labute approximate surface area is 106 Å². The van der Waals surface area contributed by atoms with Gasteiger partial charge in [-0.05, 0) is 31.1 Å². The van der Waals surface area contributed by atoms with Crippen LogP contribution in [0.15, 0.2) is 0 Å². The quantitative estimate of drug-likeness (QED) is 0.551. The van der Waals surface area contributed by atoms with Crippen molar-refractivity contribution in [1.29, 1.82) is 0 Å². The van der Waals surface area contributed by atoms with E-state index in [9.17, 15) is 0 Å². The molecule has 1 N–H and O–H groups in total. The first-order valence-corrected chi connectivity index (χ1v) is 6.94. The lowest BCUT2D eigenvalue weighted by molar-refractivity contribution is 0.0708. The predicted molar refractivity (Wildman–Crippen MR) is 71.4 cm³/mol. The minimum absolute atomic E-state index is 0.547. The van der Waals surface area contributed by atoms with E-state index in [0.717, 1.165) is 13.2 Å². The average molecular weight is 243 g/mol. The van der Waals surface area contributed by atoms with E-state index in [4.69, 9.17) is 9.47 Å². The monoisotopic (exact) mass is 243 g/mol. The Kier molecular flexibility index (Phi) is 7.09. The average Bonchev–Trinajstić information content (AvgIpc) is 2.45. The second-order valence-corrected chi connectivity index (χ2v) is 5.85. The Morgan fingerprint density at radius 1 is 1.12 bits per heavy atom. The fourth-order valence-corrected chi connectivity index (χ4v) is 2.44. The van der Waals surface area contributed by atoms with Gasteiger partial charge in [-0.1, -0.05) is 20.3 Å². The van der Waals surface area contributed by atoms with Gasteiger partial charge >= 0.3 is 0 Å². The summed E-state index contributed by atoms with van der Waals surface area (Å²) in [5, 5.41) is 3.61. The third kappa shape index (κ3) is 7.02. The summed E-state index contributed by atoms with van der Waals surface area (Å²) in [4.78, 5) is 0. The molecule has 1 aliphatic carbocycles. The molecule has 0 saturated heterocycles. The molecule has 1 fully saturated rings. The molecule has 0 aromatic rings. The second kappa shape index (κ2) is 8.06. The zero-order valence-electron chi connectivity index (χ0n) is 11.8. The van der Waals surface area contributed by atoms with Crippen molar-refractivity contribution in [2.75, 3.05) is 33.5 Å². The van der Waals surface area contributed by atoms with Crippen LogP contribution >= 0.6 is 0 Å². The minimum atomic E-state index is 0.547. The van der Waals surface area contributed by atoms with Crippen molar-refractivity contribution in [1.82, 2.24) is 5.32 Å². The van der Waals surface area contributed by atoms with E-state index in [1.165, 1.54) is 32.1 Å². The van der Waals surface area contributed by atoms with Crippen molar-refractivity contribution >= 4 is 0 Å². The van der Waals surface area contributed by atoms with Gasteiger partial charge in [0, 0.05) is 19.7 Å². The molecule has 0 aliphatic heterocycles. The van der Waals surface area contributed by atoms with Gasteiger partial charge in [-0.3, -0.25) is 0 Å². The van der Waals surface area contributed by atoms with Gasteiger partial charge in [0.05, 0.1) is 19.8 Å². The van der Waals surface area contributed by atoms with Crippen LogP contribution < -0.4 is 5.32 Å². The molecule has 0 heterocycles. The van der Waals surface area contributed by atoms with Crippen molar-refractivity contribution in [2.24, 2.45) is 5.41 Å². The molecule has 1 saturated carbocycles. The summed E-state index contributed by atoms with van der Waals surface area (Å²) < 4.78 is 10.4. The van der Waals surface area contributed by atoms with Gasteiger partial charge in [0.25, 0.3) is 0 Å². The van der Waals surface area contributed by atoms with Crippen LogP contribution in [0.1, 0.15) is 46.0 Å². The largest absolute Gasteiger partial charge is 0.382 e. The van der Waals surface area contributed by atoms with E-state index < -0.39 is 0 Å². The predicted octanol–water partition coefficient (Wildman–Crippen LogP) is 2.60. The normalized spacial score (nSPS) is 24.5. The summed E-state index contributed by atoms with van der Waals surface area (Å²) in [6.45, 7) is 7.94. The minimum Gasteiger partial charge on any atom is -0.382 e. The molecule has 1 unspecified atom stereocenters. The Hall–Kier alpha value is -0.120. The summed E-state index contributed by atoms with van der Waals surface area (Å²) >= 11 is 0. The molecule has 0 radical (unpaired) electrons. The Morgan fingerprint density at radius 2 is 1.94 bits per heavy atom. The van der Waals surface area contributed by atoms with Gasteiger partial charge < -0.3 is 14.8 Å². The molecule has 0 aromatic heterocycles. The first-order chi connectivity index (χ1) is 8.14. The molecule has 17 heavy (non-hydrogen) atoms. The molecule has 0 bridgehead atoms. The van der Waals surface area contributed by atoms with Crippen molar-refractivity contribution in [3.05, 3.63) is 0 Å². The van der Waals surface area contributed by atoms with Crippen molar-refractivity contribution in [2.45, 2.75) is 52.0 Å². The van der Waals surface area contributed by atoms with E-state index in [1.807, 2.05) is 0 Å². The molecule has 1 rings (SSSR count). The van der Waals surface area contributed by atoms with Crippen molar-refractivity contribution in [3.63, 3.8) is 0 Å². The summed E-state index contributed by atoms with van der Waals surface area (Å²) in [6.07, 6.45) is 6.70. The summed E-state index contributed by atoms with van der Waals surface area (Å²) in [7, 11) is 1.70. The molecule has 3 heteroatoms. The van der Waals surface area contributed by atoms with Crippen molar-refractivity contribution in [3.8, 4) is 0 Å². The fraction of sp³-hybridized carbons (Fsp3) is 1.00. The topological polar surface area (TPSA) is 30.5 Å². The maximum Gasteiger partial charge on any atom is 0.0700 e. The first-order valence-electron chi connectivity index (χ1n) is 6.94. The van der Waals surface area contributed by atoms with E-state index in [-0.39, 0.29) is 0 Å². The summed E-state index contributed by atoms with van der Waals surface area (Å²) in [5.74, 6) is 0. The third-order valence-corrected chi connectivity index (χ3v) is 3.69. The standard InChI is InChI=1S/C14H29NO2/c1-14(2)7-4-5-13(6-8-14)15-9-10-17-12-11-16-3/h13,15H,4-12H2,1-3H3. The zero-order chi connectivity index (χ0) is 12.6. The van der Waals surface area contributed by atoms with Crippen LogP contribution in [0.2, 0.25) is 0 Å². The summed E-state index contributed by atoms with van der Waals surface area (Å²) in [6, 6.07) is 0.697. The number of methoxy groups -OCH3 is 1. The molecule has 102 valence electrons. The van der Waals surface area contributed by atoms with Gasteiger partial charge in [-0.15, -0.1) is 0 Å². The molecular weight excluding hydrogens is 214 g/mol.